The Morgan fingerprint density at radius 2 is 1.74 bits per heavy atom. The molecule has 1 aromatic carbocycles. The van der Waals surface area contributed by atoms with Gasteiger partial charge in [0.15, 0.2) is 0 Å². The van der Waals surface area contributed by atoms with Crippen molar-refractivity contribution < 1.29 is 4.79 Å². The minimum Gasteiger partial charge on any atom is -0.345 e. The summed E-state index contributed by atoms with van der Waals surface area (Å²) >= 11 is 0. The molecule has 0 aliphatic carbocycles. The molecule has 0 aliphatic rings. The fourth-order valence-electron chi connectivity index (χ4n) is 3.32. The number of nitrogens with zero attached hydrogens (tertiary/aromatic N) is 3. The second kappa shape index (κ2) is 9.86. The van der Waals surface area contributed by atoms with Crippen LogP contribution in [0.25, 0.3) is 11.0 Å². The van der Waals surface area contributed by atoms with Crippen molar-refractivity contribution >= 4 is 16.9 Å². The van der Waals surface area contributed by atoms with Gasteiger partial charge in [0.1, 0.15) is 5.82 Å². The number of hydrogen-bond acceptors (Lipinski definition) is 3. The van der Waals surface area contributed by atoms with Crippen LogP contribution in [0.15, 0.2) is 48.8 Å². The standard InChI is InChI=1S/C22H28N4O/c1-2-3-4-5-6-9-16-26-20-11-8-7-10-19(20)25-21(26)17-24-22(27)18-12-14-23-15-13-18/h7-8,10-15H,2-6,9,16-17H2,1H3,(H,24,27). The van der Waals surface area contributed by atoms with Gasteiger partial charge < -0.3 is 9.88 Å². The van der Waals surface area contributed by atoms with Gasteiger partial charge in [-0.05, 0) is 30.7 Å². The molecular formula is C22H28N4O. The number of pyridine rings is 1. The summed E-state index contributed by atoms with van der Waals surface area (Å²) in [7, 11) is 0. The normalized spacial score (nSPS) is 11.0. The highest BCUT2D eigenvalue weighted by atomic mass is 16.1. The Hall–Kier alpha value is -2.69. The van der Waals surface area contributed by atoms with Gasteiger partial charge in [0, 0.05) is 24.5 Å². The molecule has 0 saturated carbocycles. The first kappa shape index (κ1) is 19.1. The topological polar surface area (TPSA) is 59.8 Å². The lowest BCUT2D eigenvalue weighted by Crippen LogP contribution is -2.24. The number of aryl methyl sites for hydroxylation is 1. The van der Waals surface area contributed by atoms with Crippen molar-refractivity contribution in [1.29, 1.82) is 0 Å². The molecule has 0 aliphatic heterocycles. The summed E-state index contributed by atoms with van der Waals surface area (Å²) < 4.78 is 2.25. The van der Waals surface area contributed by atoms with E-state index in [1.165, 1.54) is 32.1 Å². The highest BCUT2D eigenvalue weighted by Gasteiger charge is 2.12. The lowest BCUT2D eigenvalue weighted by molar-refractivity contribution is 0.0949. The molecule has 27 heavy (non-hydrogen) atoms. The van der Waals surface area contributed by atoms with Crippen LogP contribution in [0.3, 0.4) is 0 Å². The van der Waals surface area contributed by atoms with Crippen molar-refractivity contribution in [2.24, 2.45) is 0 Å². The number of fused-ring (bicyclic) bond motifs is 1. The zero-order chi connectivity index (χ0) is 18.9. The zero-order valence-electron chi connectivity index (χ0n) is 16.0. The van der Waals surface area contributed by atoms with E-state index >= 15 is 0 Å². The number of carbonyl (C=O) groups excluding carboxylic acids is 1. The van der Waals surface area contributed by atoms with E-state index in [-0.39, 0.29) is 5.91 Å². The lowest BCUT2D eigenvalue weighted by atomic mass is 10.1. The summed E-state index contributed by atoms with van der Waals surface area (Å²) in [6.07, 6.45) is 10.8. The van der Waals surface area contributed by atoms with E-state index in [1.54, 1.807) is 24.5 Å². The third-order valence-corrected chi connectivity index (χ3v) is 4.82. The van der Waals surface area contributed by atoms with Crippen LogP contribution in [0, 0.1) is 0 Å². The molecule has 0 fully saturated rings. The van der Waals surface area contributed by atoms with Crippen molar-refractivity contribution in [3.63, 3.8) is 0 Å². The Labute approximate surface area is 160 Å². The molecule has 0 bridgehead atoms. The molecule has 3 aromatic rings. The number of benzene rings is 1. The summed E-state index contributed by atoms with van der Waals surface area (Å²) in [5, 5.41) is 2.98. The van der Waals surface area contributed by atoms with Crippen LogP contribution in [0.5, 0.6) is 0 Å². The molecule has 0 unspecified atom stereocenters. The van der Waals surface area contributed by atoms with Crippen LogP contribution < -0.4 is 5.32 Å². The number of nitrogens with one attached hydrogen (secondary N) is 1. The molecular weight excluding hydrogens is 336 g/mol. The van der Waals surface area contributed by atoms with Crippen molar-refractivity contribution in [1.82, 2.24) is 19.9 Å². The Kier molecular flexibility index (Phi) is 6.97. The Morgan fingerprint density at radius 1 is 1.00 bits per heavy atom. The van der Waals surface area contributed by atoms with Gasteiger partial charge in [0.2, 0.25) is 0 Å². The van der Waals surface area contributed by atoms with E-state index in [9.17, 15) is 4.79 Å². The number of aromatic nitrogens is 3. The minimum atomic E-state index is -0.101. The van der Waals surface area contributed by atoms with E-state index in [0.29, 0.717) is 12.1 Å². The predicted octanol–water partition coefficient (Wildman–Crippen LogP) is 4.72. The van der Waals surface area contributed by atoms with Gasteiger partial charge in [-0.1, -0.05) is 51.2 Å². The Morgan fingerprint density at radius 3 is 2.56 bits per heavy atom. The van der Waals surface area contributed by atoms with Gasteiger partial charge in [-0.15, -0.1) is 0 Å². The first-order valence-electron chi connectivity index (χ1n) is 9.92. The molecule has 0 atom stereocenters. The monoisotopic (exact) mass is 364 g/mol. The minimum absolute atomic E-state index is 0.101. The van der Waals surface area contributed by atoms with Gasteiger partial charge in [0.25, 0.3) is 5.91 Å². The summed E-state index contributed by atoms with van der Waals surface area (Å²) in [5.41, 5.74) is 2.74. The summed E-state index contributed by atoms with van der Waals surface area (Å²) in [6, 6.07) is 11.6. The number of hydrogen-bond donors (Lipinski definition) is 1. The maximum atomic E-state index is 12.3. The van der Waals surface area contributed by atoms with Crippen LogP contribution in [0.2, 0.25) is 0 Å². The maximum Gasteiger partial charge on any atom is 0.251 e. The molecule has 0 spiro atoms. The molecule has 142 valence electrons. The van der Waals surface area contributed by atoms with E-state index in [0.717, 1.165) is 29.8 Å². The van der Waals surface area contributed by atoms with Crippen molar-refractivity contribution in [3.8, 4) is 0 Å². The third kappa shape index (κ3) is 5.16. The van der Waals surface area contributed by atoms with E-state index in [1.807, 2.05) is 18.2 Å². The highest BCUT2D eigenvalue weighted by Crippen LogP contribution is 2.18. The number of imidazole rings is 1. The molecule has 1 N–H and O–H groups in total. The molecule has 1 amide bonds. The Bertz CT molecular complexity index is 857. The van der Waals surface area contributed by atoms with Gasteiger partial charge in [0.05, 0.1) is 17.6 Å². The molecule has 3 rings (SSSR count). The second-order valence-electron chi connectivity index (χ2n) is 6.85. The summed E-state index contributed by atoms with van der Waals surface area (Å²) in [4.78, 5) is 21.0. The van der Waals surface area contributed by atoms with E-state index in [4.69, 9.17) is 4.98 Å². The number of rotatable bonds is 10. The van der Waals surface area contributed by atoms with Gasteiger partial charge in [-0.2, -0.15) is 0 Å². The molecule has 0 saturated heterocycles. The van der Waals surface area contributed by atoms with E-state index < -0.39 is 0 Å². The Balaban J connectivity index is 1.66. The van der Waals surface area contributed by atoms with Crippen LogP contribution in [0.1, 0.15) is 61.6 Å². The quantitative estimate of drug-likeness (QED) is 0.529. The van der Waals surface area contributed by atoms with Crippen LogP contribution in [-0.2, 0) is 13.1 Å². The van der Waals surface area contributed by atoms with Gasteiger partial charge in [-0.3, -0.25) is 9.78 Å². The number of para-hydroxylation sites is 2. The SMILES string of the molecule is CCCCCCCCn1c(CNC(=O)c2ccncc2)nc2ccccc21. The second-order valence-corrected chi connectivity index (χ2v) is 6.85. The molecule has 5 nitrogen and oxygen atoms in total. The smallest absolute Gasteiger partial charge is 0.251 e. The third-order valence-electron chi connectivity index (χ3n) is 4.82. The molecule has 5 heteroatoms. The van der Waals surface area contributed by atoms with Crippen molar-refractivity contribution in [2.75, 3.05) is 0 Å². The maximum absolute atomic E-state index is 12.3. The molecule has 2 aromatic heterocycles. The van der Waals surface area contributed by atoms with Crippen LogP contribution >= 0.6 is 0 Å². The van der Waals surface area contributed by atoms with Crippen LogP contribution in [-0.4, -0.2) is 20.4 Å². The average molecular weight is 364 g/mol. The fourth-order valence-corrected chi connectivity index (χ4v) is 3.32. The van der Waals surface area contributed by atoms with Crippen LogP contribution in [0.4, 0.5) is 0 Å². The van der Waals surface area contributed by atoms with Crippen molar-refractivity contribution in [2.45, 2.75) is 58.5 Å². The largest absolute Gasteiger partial charge is 0.345 e. The van der Waals surface area contributed by atoms with Crippen molar-refractivity contribution in [3.05, 3.63) is 60.2 Å². The zero-order valence-corrected chi connectivity index (χ0v) is 16.0. The predicted molar refractivity (Wildman–Crippen MR) is 109 cm³/mol. The number of unbranched alkanes of at least 4 members (excludes halogenated alkanes) is 5. The molecule has 0 radical (unpaired) electrons. The first-order chi connectivity index (χ1) is 13.3. The number of carbonyl (C=O) groups is 1. The van der Waals surface area contributed by atoms with E-state index in [2.05, 4.69) is 27.9 Å². The number of amides is 1. The first-order valence-corrected chi connectivity index (χ1v) is 9.92. The molecule has 2 heterocycles. The summed E-state index contributed by atoms with van der Waals surface area (Å²) in [5.74, 6) is 0.808. The fraction of sp³-hybridized carbons (Fsp3) is 0.409. The van der Waals surface area contributed by atoms with Gasteiger partial charge >= 0.3 is 0 Å². The highest BCUT2D eigenvalue weighted by molar-refractivity contribution is 5.93. The lowest BCUT2D eigenvalue weighted by Gasteiger charge is -2.10. The average Bonchev–Trinajstić information content (AvgIpc) is 3.07. The summed E-state index contributed by atoms with van der Waals surface area (Å²) in [6.45, 7) is 3.60. The van der Waals surface area contributed by atoms with Gasteiger partial charge in [-0.25, -0.2) is 4.98 Å².